The Morgan fingerprint density at radius 3 is 1.51 bits per heavy atom. The van der Waals surface area contributed by atoms with E-state index in [1.807, 2.05) is 30.3 Å². The summed E-state index contributed by atoms with van der Waals surface area (Å²) < 4.78 is 5.99. The number of esters is 1. The molecular formula is C35H43NO3. The molecule has 0 unspecified atom stereocenters. The van der Waals surface area contributed by atoms with Crippen molar-refractivity contribution in [2.45, 2.75) is 94.2 Å². The van der Waals surface area contributed by atoms with E-state index in [4.69, 9.17) is 9.57 Å². The standard InChI is InChI=1S/C35H43NO3/c37-33(31-9-5-2-6-10-31)38-23-32(30-7-3-1-4-8-30)39-36(34-17-24-11-25(18-34)13-26(12-24)19-34)35-20-27-14-28(21-35)16-29(15-27)22-35/h1-10,24-29,32H,11-23H2/t24?,25?,26?,27?,28?,29?,32-,34?,35?/m1/s1. The number of benzene rings is 2. The van der Waals surface area contributed by atoms with E-state index in [-0.39, 0.29) is 29.8 Å². The van der Waals surface area contributed by atoms with Crippen LogP contribution in [0.5, 0.6) is 0 Å². The Morgan fingerprint density at radius 1 is 0.667 bits per heavy atom. The zero-order valence-electron chi connectivity index (χ0n) is 23.2. The van der Waals surface area contributed by atoms with Crippen LogP contribution in [0.15, 0.2) is 60.7 Å². The molecule has 10 rings (SSSR count). The third-order valence-electron chi connectivity index (χ3n) is 11.7. The number of hydrogen-bond acceptors (Lipinski definition) is 4. The Labute approximate surface area is 233 Å². The fourth-order valence-corrected chi connectivity index (χ4v) is 11.1. The Hall–Kier alpha value is -2.17. The Morgan fingerprint density at radius 2 is 1.08 bits per heavy atom. The summed E-state index contributed by atoms with van der Waals surface area (Å²) in [5.74, 6) is 4.91. The summed E-state index contributed by atoms with van der Waals surface area (Å²) in [7, 11) is 0. The molecule has 2 aromatic rings. The van der Waals surface area contributed by atoms with E-state index in [1.54, 1.807) is 0 Å². The summed E-state index contributed by atoms with van der Waals surface area (Å²) in [6.07, 6.45) is 16.1. The lowest BCUT2D eigenvalue weighted by Gasteiger charge is -2.68. The molecule has 8 saturated carbocycles. The van der Waals surface area contributed by atoms with Crippen molar-refractivity contribution in [2.24, 2.45) is 35.5 Å². The molecule has 0 radical (unpaired) electrons. The van der Waals surface area contributed by atoms with E-state index in [1.165, 1.54) is 77.0 Å². The van der Waals surface area contributed by atoms with Crippen molar-refractivity contribution in [1.29, 1.82) is 0 Å². The molecule has 4 nitrogen and oxygen atoms in total. The number of hydroxylamine groups is 2. The van der Waals surface area contributed by atoms with Gasteiger partial charge >= 0.3 is 5.97 Å². The molecule has 0 heterocycles. The van der Waals surface area contributed by atoms with Crippen LogP contribution >= 0.6 is 0 Å². The van der Waals surface area contributed by atoms with E-state index in [2.05, 4.69) is 35.4 Å². The second kappa shape index (κ2) is 9.45. The molecule has 0 aromatic heterocycles. The van der Waals surface area contributed by atoms with Gasteiger partial charge in [-0.25, -0.2) is 4.79 Å². The maximum Gasteiger partial charge on any atom is 0.338 e. The van der Waals surface area contributed by atoms with E-state index in [0.29, 0.717) is 5.56 Å². The first-order valence-electron chi connectivity index (χ1n) is 15.8. The molecule has 8 bridgehead atoms. The molecule has 0 spiro atoms. The van der Waals surface area contributed by atoms with Gasteiger partial charge in [0, 0.05) is 11.1 Å². The second-order valence-corrected chi connectivity index (χ2v) is 14.5. The van der Waals surface area contributed by atoms with Crippen LogP contribution < -0.4 is 0 Å². The van der Waals surface area contributed by atoms with Crippen molar-refractivity contribution in [3.63, 3.8) is 0 Å². The fraction of sp³-hybridized carbons (Fsp3) is 0.629. The number of nitrogens with zero attached hydrogens (tertiary/aromatic N) is 1. The molecule has 0 saturated heterocycles. The molecule has 4 heteroatoms. The van der Waals surface area contributed by atoms with Crippen LogP contribution in [0.2, 0.25) is 0 Å². The predicted octanol–water partition coefficient (Wildman–Crippen LogP) is 7.76. The minimum absolute atomic E-state index is 0.150. The number of carbonyl (C=O) groups is 1. The van der Waals surface area contributed by atoms with Crippen molar-refractivity contribution in [3.8, 4) is 0 Å². The van der Waals surface area contributed by atoms with Gasteiger partial charge in [0.1, 0.15) is 12.7 Å². The minimum atomic E-state index is -0.292. The van der Waals surface area contributed by atoms with Crippen LogP contribution in [0.25, 0.3) is 0 Å². The fourth-order valence-electron chi connectivity index (χ4n) is 11.1. The maximum atomic E-state index is 13.0. The zero-order valence-corrected chi connectivity index (χ0v) is 23.2. The van der Waals surface area contributed by atoms with Gasteiger partial charge in [-0.2, -0.15) is 5.06 Å². The first-order chi connectivity index (χ1) is 19.1. The maximum absolute atomic E-state index is 13.0. The molecule has 0 N–H and O–H groups in total. The average Bonchev–Trinajstić information content (AvgIpc) is 2.92. The molecule has 206 valence electrons. The quantitative estimate of drug-likeness (QED) is 0.261. The normalized spacial score (nSPS) is 40.2. The lowest BCUT2D eigenvalue weighted by molar-refractivity contribution is -0.355. The summed E-state index contributed by atoms with van der Waals surface area (Å²) >= 11 is 0. The molecular weight excluding hydrogens is 482 g/mol. The molecule has 39 heavy (non-hydrogen) atoms. The topological polar surface area (TPSA) is 38.8 Å². The minimum Gasteiger partial charge on any atom is -0.459 e. The van der Waals surface area contributed by atoms with Crippen LogP contribution in [0.1, 0.15) is 99.1 Å². The summed E-state index contributed by atoms with van der Waals surface area (Å²) in [4.78, 5) is 20.5. The third kappa shape index (κ3) is 4.37. The predicted molar refractivity (Wildman–Crippen MR) is 151 cm³/mol. The van der Waals surface area contributed by atoms with Crippen LogP contribution in [0.3, 0.4) is 0 Å². The van der Waals surface area contributed by atoms with Gasteiger partial charge < -0.3 is 4.74 Å². The van der Waals surface area contributed by atoms with Gasteiger partial charge in [-0.15, -0.1) is 0 Å². The SMILES string of the molecule is O=C(OC[C@@H](ON(C12CC3CC(CC(C3)C1)C2)C12CC3CC(CC(C3)C1)C2)c1ccccc1)c1ccccc1. The van der Waals surface area contributed by atoms with Gasteiger partial charge in [-0.1, -0.05) is 48.5 Å². The molecule has 0 aliphatic heterocycles. The highest BCUT2D eigenvalue weighted by molar-refractivity contribution is 5.89. The van der Waals surface area contributed by atoms with E-state index >= 15 is 0 Å². The first kappa shape index (κ1) is 24.6. The van der Waals surface area contributed by atoms with E-state index in [0.717, 1.165) is 41.1 Å². The molecule has 8 aliphatic rings. The van der Waals surface area contributed by atoms with E-state index < -0.39 is 0 Å². The van der Waals surface area contributed by atoms with E-state index in [9.17, 15) is 4.79 Å². The zero-order chi connectivity index (χ0) is 26.0. The Bertz CT molecular complexity index is 1080. The molecule has 1 atom stereocenters. The Balaban J connectivity index is 1.14. The largest absolute Gasteiger partial charge is 0.459 e. The summed E-state index contributed by atoms with van der Waals surface area (Å²) in [5, 5.41) is 2.68. The molecule has 2 aromatic carbocycles. The van der Waals surface area contributed by atoms with Crippen molar-refractivity contribution >= 4 is 5.97 Å². The summed E-state index contributed by atoms with van der Waals surface area (Å²) in [6, 6.07) is 19.9. The second-order valence-electron chi connectivity index (χ2n) is 14.5. The summed E-state index contributed by atoms with van der Waals surface area (Å²) in [6.45, 7) is 0.243. The van der Waals surface area contributed by atoms with Crippen molar-refractivity contribution < 1.29 is 14.4 Å². The van der Waals surface area contributed by atoms with Gasteiger partial charge in [0.15, 0.2) is 0 Å². The lowest BCUT2D eigenvalue weighted by atomic mass is 9.49. The Kier molecular flexibility index (Phi) is 5.96. The van der Waals surface area contributed by atoms with Gasteiger partial charge in [0.05, 0.1) is 5.56 Å². The van der Waals surface area contributed by atoms with Crippen LogP contribution in [0.4, 0.5) is 0 Å². The van der Waals surface area contributed by atoms with Crippen LogP contribution in [0, 0.1) is 35.5 Å². The summed E-state index contributed by atoms with van der Waals surface area (Å²) in [5.41, 5.74) is 2.01. The molecule has 8 aliphatic carbocycles. The van der Waals surface area contributed by atoms with Crippen LogP contribution in [-0.4, -0.2) is 28.7 Å². The smallest absolute Gasteiger partial charge is 0.338 e. The van der Waals surface area contributed by atoms with Gasteiger partial charge in [-0.05, 0) is 130 Å². The first-order valence-corrected chi connectivity index (χ1v) is 15.8. The highest BCUT2D eigenvalue weighted by Gasteiger charge is 2.63. The molecule has 8 fully saturated rings. The highest BCUT2D eigenvalue weighted by atomic mass is 16.7. The number of rotatable bonds is 8. The van der Waals surface area contributed by atoms with Crippen LogP contribution in [-0.2, 0) is 9.57 Å². The number of hydrogen-bond donors (Lipinski definition) is 0. The third-order valence-corrected chi connectivity index (χ3v) is 11.7. The van der Waals surface area contributed by atoms with Crippen molar-refractivity contribution in [1.82, 2.24) is 5.06 Å². The number of ether oxygens (including phenoxy) is 1. The van der Waals surface area contributed by atoms with Gasteiger partial charge in [0.2, 0.25) is 0 Å². The van der Waals surface area contributed by atoms with Gasteiger partial charge in [0.25, 0.3) is 0 Å². The highest BCUT2D eigenvalue weighted by Crippen LogP contribution is 2.64. The lowest BCUT2D eigenvalue weighted by Crippen LogP contribution is -2.70. The molecule has 0 amide bonds. The number of carbonyl (C=O) groups excluding carboxylic acids is 1. The monoisotopic (exact) mass is 525 g/mol. The van der Waals surface area contributed by atoms with Crippen molar-refractivity contribution in [3.05, 3.63) is 71.8 Å². The van der Waals surface area contributed by atoms with Gasteiger partial charge in [-0.3, -0.25) is 4.84 Å². The van der Waals surface area contributed by atoms with Crippen molar-refractivity contribution in [2.75, 3.05) is 6.61 Å². The average molecular weight is 526 g/mol.